The second-order valence-electron chi connectivity index (χ2n) is 10.9. The second-order valence-corrected chi connectivity index (χ2v) is 10.9. The molecule has 0 fully saturated rings. The summed E-state index contributed by atoms with van der Waals surface area (Å²) in [4.78, 5) is 10.5. The summed E-state index contributed by atoms with van der Waals surface area (Å²) in [6.45, 7) is 0. The normalized spacial score (nSPS) is 12.2. The monoisotopic (exact) mass is 551 g/mol. The molecule has 6 aromatic carbocycles. The van der Waals surface area contributed by atoms with Gasteiger partial charge in [0.25, 0.3) is 0 Å². The van der Waals surface area contributed by atoms with Gasteiger partial charge in [0.1, 0.15) is 16.7 Å². The number of furan rings is 2. The minimum Gasteiger partial charge on any atom is -0.454 e. The van der Waals surface area contributed by atoms with Crippen molar-refractivity contribution in [2.24, 2.45) is 0 Å². The second kappa shape index (κ2) is 8.30. The van der Waals surface area contributed by atoms with Gasteiger partial charge in [-0.05, 0) is 29.0 Å². The fourth-order valence-corrected chi connectivity index (χ4v) is 6.85. The fourth-order valence-electron chi connectivity index (χ4n) is 6.85. The Kier molecular flexibility index (Phi) is 4.39. The molecule has 0 radical (unpaired) electrons. The Morgan fingerprint density at radius 3 is 1.81 bits per heavy atom. The molecular weight excluding hydrogens is 530 g/mol. The summed E-state index contributed by atoms with van der Waals surface area (Å²) in [6, 6.07) is 43.6. The number of fused-ring (bicyclic) bond motifs is 13. The lowest BCUT2D eigenvalue weighted by Gasteiger charge is -2.10. The molecule has 5 nitrogen and oxygen atoms in total. The Hall–Kier alpha value is -5.94. The van der Waals surface area contributed by atoms with Crippen LogP contribution in [0.5, 0.6) is 0 Å². The molecule has 10 rings (SSSR count). The Morgan fingerprint density at radius 2 is 1.05 bits per heavy atom. The number of nitrogens with zero attached hydrogens (tertiary/aromatic N) is 3. The first-order valence-electron chi connectivity index (χ1n) is 14.4. The molecule has 0 bridgehead atoms. The van der Waals surface area contributed by atoms with Gasteiger partial charge in [-0.3, -0.25) is 4.57 Å². The average molecular weight is 552 g/mol. The molecule has 0 atom stereocenters. The Bertz CT molecular complexity index is 2730. The minimum absolute atomic E-state index is 0.536. The molecule has 0 N–H and O–H groups in total. The molecule has 4 heterocycles. The van der Waals surface area contributed by atoms with Crippen molar-refractivity contribution in [1.82, 2.24) is 14.5 Å². The molecule has 0 amide bonds. The van der Waals surface area contributed by atoms with Crippen LogP contribution >= 0.6 is 0 Å². The highest BCUT2D eigenvalue weighted by molar-refractivity contribution is 6.35. The van der Waals surface area contributed by atoms with Crippen molar-refractivity contribution in [2.75, 3.05) is 0 Å². The van der Waals surface area contributed by atoms with Gasteiger partial charge in [0, 0.05) is 32.5 Å². The number of benzene rings is 6. The summed E-state index contributed by atoms with van der Waals surface area (Å²) >= 11 is 0. The van der Waals surface area contributed by atoms with Crippen LogP contribution in [-0.2, 0) is 0 Å². The quantitative estimate of drug-likeness (QED) is 0.214. The summed E-state index contributed by atoms with van der Waals surface area (Å²) < 4.78 is 15.3. The van der Waals surface area contributed by atoms with Crippen molar-refractivity contribution in [1.29, 1.82) is 0 Å². The van der Waals surface area contributed by atoms with Crippen LogP contribution in [0.15, 0.2) is 136 Å². The molecule has 0 unspecified atom stereocenters. The lowest BCUT2D eigenvalue weighted by molar-refractivity contribution is 0.651. The van der Waals surface area contributed by atoms with Crippen LogP contribution in [0.4, 0.5) is 0 Å². The van der Waals surface area contributed by atoms with Gasteiger partial charge in [0.15, 0.2) is 5.58 Å². The zero-order chi connectivity index (χ0) is 28.1. The van der Waals surface area contributed by atoms with Gasteiger partial charge in [-0.1, -0.05) is 109 Å². The van der Waals surface area contributed by atoms with Gasteiger partial charge in [0.05, 0.1) is 16.6 Å². The van der Waals surface area contributed by atoms with Crippen LogP contribution < -0.4 is 0 Å². The third-order valence-corrected chi connectivity index (χ3v) is 8.63. The number of hydrogen-bond donors (Lipinski definition) is 0. The zero-order valence-electron chi connectivity index (χ0n) is 22.8. The molecule has 10 aromatic rings. The highest BCUT2D eigenvalue weighted by Gasteiger charge is 2.25. The van der Waals surface area contributed by atoms with Gasteiger partial charge in [-0.15, -0.1) is 0 Å². The molecule has 5 heteroatoms. The van der Waals surface area contributed by atoms with Crippen molar-refractivity contribution in [3.05, 3.63) is 127 Å². The number of aromatic nitrogens is 3. The largest absolute Gasteiger partial charge is 0.454 e. The van der Waals surface area contributed by atoms with Gasteiger partial charge in [-0.2, -0.15) is 4.98 Å². The van der Waals surface area contributed by atoms with E-state index in [1.807, 2.05) is 48.5 Å². The first kappa shape index (κ1) is 22.7. The van der Waals surface area contributed by atoms with Crippen LogP contribution in [0.25, 0.3) is 93.8 Å². The van der Waals surface area contributed by atoms with Gasteiger partial charge >= 0.3 is 0 Å². The van der Waals surface area contributed by atoms with Crippen LogP contribution in [-0.4, -0.2) is 14.5 Å². The summed E-state index contributed by atoms with van der Waals surface area (Å²) in [5.74, 6) is 0.536. The fraction of sp³-hybridized carbons (Fsp3) is 0. The van der Waals surface area contributed by atoms with E-state index < -0.39 is 0 Å². The van der Waals surface area contributed by atoms with Crippen molar-refractivity contribution < 1.29 is 8.83 Å². The van der Waals surface area contributed by atoms with E-state index in [9.17, 15) is 0 Å². The van der Waals surface area contributed by atoms with Crippen LogP contribution in [0.1, 0.15) is 0 Å². The zero-order valence-corrected chi connectivity index (χ0v) is 22.8. The van der Waals surface area contributed by atoms with E-state index in [1.54, 1.807) is 0 Å². The maximum Gasteiger partial charge on any atom is 0.238 e. The topological polar surface area (TPSA) is 57.0 Å². The van der Waals surface area contributed by atoms with E-state index in [-0.39, 0.29) is 0 Å². The maximum atomic E-state index is 6.72. The first-order chi connectivity index (χ1) is 21.3. The van der Waals surface area contributed by atoms with Crippen molar-refractivity contribution in [3.8, 4) is 17.2 Å². The van der Waals surface area contributed by atoms with Gasteiger partial charge in [0.2, 0.25) is 11.7 Å². The van der Waals surface area contributed by atoms with Crippen LogP contribution in [0, 0.1) is 0 Å². The summed E-state index contributed by atoms with van der Waals surface area (Å²) in [5, 5.41) is 8.65. The lowest BCUT2D eigenvalue weighted by Crippen LogP contribution is -2.03. The number of para-hydroxylation sites is 3. The highest BCUT2D eigenvalue weighted by Crippen LogP contribution is 2.45. The van der Waals surface area contributed by atoms with Crippen molar-refractivity contribution >= 4 is 76.6 Å². The third-order valence-electron chi connectivity index (χ3n) is 8.63. The summed E-state index contributed by atoms with van der Waals surface area (Å²) in [6.07, 6.45) is 0. The standard InChI is InChI=1S/C38H21N3O2/c1-2-12-22(13-3-1)34-33-27-18-8-11-21-30(27)43-37(33)40-38(39-34)41-28-19-9-6-16-25(28)31-23-14-4-5-15-24(23)32-26-17-7-10-20-29(26)42-36(32)35(31)41/h1-21H. The molecule has 0 saturated carbocycles. The summed E-state index contributed by atoms with van der Waals surface area (Å²) in [5.41, 5.74) is 6.80. The molecule has 0 saturated heterocycles. The smallest absolute Gasteiger partial charge is 0.238 e. The average Bonchev–Trinajstić information content (AvgIpc) is 3.74. The minimum atomic E-state index is 0.536. The van der Waals surface area contributed by atoms with Gasteiger partial charge in [-0.25, -0.2) is 4.98 Å². The molecule has 43 heavy (non-hydrogen) atoms. The van der Waals surface area contributed by atoms with E-state index >= 15 is 0 Å². The van der Waals surface area contributed by atoms with Crippen molar-refractivity contribution in [3.63, 3.8) is 0 Å². The Labute approximate surface area is 244 Å². The summed E-state index contributed by atoms with van der Waals surface area (Å²) in [7, 11) is 0. The molecule has 0 aliphatic heterocycles. The van der Waals surface area contributed by atoms with E-state index in [0.29, 0.717) is 11.7 Å². The highest BCUT2D eigenvalue weighted by atomic mass is 16.3. The van der Waals surface area contributed by atoms with Crippen LogP contribution in [0.2, 0.25) is 0 Å². The van der Waals surface area contributed by atoms with Crippen LogP contribution in [0.3, 0.4) is 0 Å². The molecule has 0 aliphatic rings. The maximum absolute atomic E-state index is 6.72. The van der Waals surface area contributed by atoms with Gasteiger partial charge < -0.3 is 8.83 Å². The predicted octanol–water partition coefficient (Wildman–Crippen LogP) is 10.2. The molecule has 200 valence electrons. The number of rotatable bonds is 2. The SMILES string of the molecule is c1ccc(-c2nc(-n3c4ccccc4c4c5ccccc5c5c6ccccc6oc5c43)nc3oc4ccccc4c23)cc1. The van der Waals surface area contributed by atoms with Crippen molar-refractivity contribution in [2.45, 2.75) is 0 Å². The Morgan fingerprint density at radius 1 is 0.465 bits per heavy atom. The van der Waals surface area contributed by atoms with E-state index in [4.69, 9.17) is 18.8 Å². The molecule has 0 aliphatic carbocycles. The van der Waals surface area contributed by atoms with E-state index in [0.717, 1.165) is 76.7 Å². The molecule has 4 aromatic heterocycles. The number of hydrogen-bond acceptors (Lipinski definition) is 4. The third kappa shape index (κ3) is 3.00. The lowest BCUT2D eigenvalue weighted by atomic mass is 9.99. The molecule has 0 spiro atoms. The predicted molar refractivity (Wildman–Crippen MR) is 174 cm³/mol. The van der Waals surface area contributed by atoms with E-state index in [2.05, 4.69) is 83.4 Å². The van der Waals surface area contributed by atoms with E-state index in [1.165, 1.54) is 5.39 Å². The first-order valence-corrected chi connectivity index (χ1v) is 14.4. The molecular formula is C38H21N3O2. The Balaban J connectivity index is 1.45.